The topological polar surface area (TPSA) is 86.8 Å². The predicted molar refractivity (Wildman–Crippen MR) is 115 cm³/mol. The molecule has 31 heavy (non-hydrogen) atoms. The average molecular weight is 462 g/mol. The normalized spacial score (nSPS) is 41.5. The van der Waals surface area contributed by atoms with Crippen molar-refractivity contribution in [3.8, 4) is 0 Å². The lowest BCUT2D eigenvalue weighted by molar-refractivity contribution is -0.125. The van der Waals surface area contributed by atoms with Crippen LogP contribution in [0.2, 0.25) is 0 Å². The number of hydrogen-bond donors (Lipinski definition) is 4. The van der Waals surface area contributed by atoms with Gasteiger partial charge < -0.3 is 10.1 Å². The van der Waals surface area contributed by atoms with Gasteiger partial charge in [0.1, 0.15) is 12.3 Å². The van der Waals surface area contributed by atoms with Crippen molar-refractivity contribution in [2.45, 2.75) is 93.8 Å². The third-order valence-corrected chi connectivity index (χ3v) is 7.56. The summed E-state index contributed by atoms with van der Waals surface area (Å²) < 4.78 is 32.9. The van der Waals surface area contributed by atoms with Gasteiger partial charge in [-0.25, -0.2) is 14.2 Å². The van der Waals surface area contributed by atoms with Gasteiger partial charge in [0.2, 0.25) is 5.91 Å². The van der Waals surface area contributed by atoms with E-state index in [1.807, 2.05) is 0 Å². The van der Waals surface area contributed by atoms with E-state index in [0.29, 0.717) is 44.1 Å². The molecule has 4 fully saturated rings. The SMILES string of the molecule is O=C(NC(=NCC1CCO1)NC1CC(C2CCC(F)CC2)NN1)C1CCC(Cl)C(F)C1. The zero-order chi connectivity index (χ0) is 21.8. The Bertz CT molecular complexity index is 645. The third kappa shape index (κ3) is 6.27. The van der Waals surface area contributed by atoms with Crippen LogP contribution in [0.25, 0.3) is 0 Å². The van der Waals surface area contributed by atoms with Gasteiger partial charge >= 0.3 is 0 Å². The van der Waals surface area contributed by atoms with Crippen LogP contribution in [0, 0.1) is 11.8 Å². The largest absolute Gasteiger partial charge is 0.376 e. The lowest BCUT2D eigenvalue weighted by Crippen LogP contribution is -2.52. The van der Waals surface area contributed by atoms with Crippen LogP contribution in [-0.4, -0.2) is 61.1 Å². The maximum Gasteiger partial charge on any atom is 0.229 e. The van der Waals surface area contributed by atoms with Crippen LogP contribution < -0.4 is 21.5 Å². The van der Waals surface area contributed by atoms with Crippen LogP contribution in [0.4, 0.5) is 8.78 Å². The van der Waals surface area contributed by atoms with Gasteiger partial charge in [-0.3, -0.25) is 20.5 Å². The molecule has 176 valence electrons. The number of nitrogens with zero attached hydrogens (tertiary/aromatic N) is 1. The van der Waals surface area contributed by atoms with Gasteiger partial charge in [-0.15, -0.1) is 11.6 Å². The maximum atomic E-state index is 14.0. The first kappa shape index (κ1) is 23.1. The molecule has 0 aromatic heterocycles. The highest BCUT2D eigenvalue weighted by molar-refractivity contribution is 6.21. The molecular weight excluding hydrogens is 428 g/mol. The fourth-order valence-electron chi connectivity index (χ4n) is 4.91. The molecule has 4 aliphatic rings. The highest BCUT2D eigenvalue weighted by Gasteiger charge is 2.35. The van der Waals surface area contributed by atoms with E-state index in [0.717, 1.165) is 32.3 Å². The number of hydrogen-bond acceptors (Lipinski definition) is 5. The molecule has 0 aromatic carbocycles. The Morgan fingerprint density at radius 2 is 1.84 bits per heavy atom. The lowest BCUT2D eigenvalue weighted by Gasteiger charge is -2.29. The van der Waals surface area contributed by atoms with Crippen LogP contribution in [0.1, 0.15) is 57.8 Å². The molecule has 2 heterocycles. The first-order valence-corrected chi connectivity index (χ1v) is 12.1. The molecule has 7 nitrogen and oxygen atoms in total. The Morgan fingerprint density at radius 3 is 2.52 bits per heavy atom. The minimum atomic E-state index is -1.16. The molecule has 2 saturated carbocycles. The molecule has 2 saturated heterocycles. The Balaban J connectivity index is 1.31. The molecule has 2 aliphatic heterocycles. The van der Waals surface area contributed by atoms with Crippen LogP contribution in [0.5, 0.6) is 0 Å². The fraction of sp³-hybridized carbons (Fsp3) is 0.905. The average Bonchev–Trinajstić information content (AvgIpc) is 3.17. The summed E-state index contributed by atoms with van der Waals surface area (Å²) in [6.45, 7) is 1.21. The van der Waals surface area contributed by atoms with E-state index in [9.17, 15) is 13.6 Å². The number of rotatable bonds is 5. The smallest absolute Gasteiger partial charge is 0.229 e. The second-order valence-electron chi connectivity index (χ2n) is 9.34. The highest BCUT2D eigenvalue weighted by atomic mass is 35.5. The number of nitrogens with one attached hydrogen (secondary N) is 4. The van der Waals surface area contributed by atoms with Crippen LogP contribution in [-0.2, 0) is 9.53 Å². The summed E-state index contributed by atoms with van der Waals surface area (Å²) >= 11 is 5.96. The molecule has 1 amide bonds. The van der Waals surface area contributed by atoms with Crippen molar-refractivity contribution in [1.82, 2.24) is 21.5 Å². The van der Waals surface area contributed by atoms with E-state index in [1.54, 1.807) is 0 Å². The lowest BCUT2D eigenvalue weighted by atomic mass is 9.82. The minimum Gasteiger partial charge on any atom is -0.376 e. The van der Waals surface area contributed by atoms with E-state index in [4.69, 9.17) is 16.3 Å². The second kappa shape index (κ2) is 10.7. The van der Waals surface area contributed by atoms with Gasteiger partial charge in [0.25, 0.3) is 0 Å². The van der Waals surface area contributed by atoms with E-state index in [-0.39, 0.29) is 30.6 Å². The monoisotopic (exact) mass is 461 g/mol. The molecule has 6 unspecified atom stereocenters. The number of amides is 1. The quantitative estimate of drug-likeness (QED) is 0.287. The molecule has 4 rings (SSSR count). The summed E-state index contributed by atoms with van der Waals surface area (Å²) in [6, 6.07) is 0.253. The Morgan fingerprint density at radius 1 is 1.06 bits per heavy atom. The van der Waals surface area contributed by atoms with Crippen molar-refractivity contribution in [3.63, 3.8) is 0 Å². The number of hydrazine groups is 1. The van der Waals surface area contributed by atoms with Crippen LogP contribution in [0.3, 0.4) is 0 Å². The van der Waals surface area contributed by atoms with E-state index >= 15 is 0 Å². The number of guanidine groups is 1. The number of aliphatic imine (C=N–C) groups is 1. The van der Waals surface area contributed by atoms with Crippen molar-refractivity contribution in [1.29, 1.82) is 0 Å². The van der Waals surface area contributed by atoms with E-state index in [1.165, 1.54) is 0 Å². The number of ether oxygens (including phenoxy) is 1. The molecule has 2 aliphatic carbocycles. The molecule has 0 radical (unpaired) electrons. The predicted octanol–water partition coefficient (Wildman–Crippen LogP) is 2.30. The van der Waals surface area contributed by atoms with Crippen LogP contribution >= 0.6 is 11.6 Å². The number of carbonyl (C=O) groups excluding carboxylic acids is 1. The summed E-state index contributed by atoms with van der Waals surface area (Å²) in [5.41, 5.74) is 6.55. The van der Waals surface area contributed by atoms with Gasteiger partial charge in [0.05, 0.1) is 24.2 Å². The highest BCUT2D eigenvalue weighted by Crippen LogP contribution is 2.31. The summed E-state index contributed by atoms with van der Waals surface area (Å²) in [4.78, 5) is 17.3. The number of halogens is 3. The second-order valence-corrected chi connectivity index (χ2v) is 9.90. The van der Waals surface area contributed by atoms with Gasteiger partial charge in [0, 0.05) is 18.6 Å². The first-order valence-electron chi connectivity index (χ1n) is 11.6. The zero-order valence-electron chi connectivity index (χ0n) is 17.8. The molecule has 4 N–H and O–H groups in total. The van der Waals surface area contributed by atoms with Gasteiger partial charge in [0.15, 0.2) is 5.96 Å². The number of carbonyl (C=O) groups is 1. The van der Waals surface area contributed by atoms with Crippen molar-refractivity contribution in [3.05, 3.63) is 0 Å². The first-order chi connectivity index (χ1) is 15.0. The van der Waals surface area contributed by atoms with Crippen molar-refractivity contribution in [2.24, 2.45) is 16.8 Å². The van der Waals surface area contributed by atoms with Crippen molar-refractivity contribution < 1.29 is 18.3 Å². The van der Waals surface area contributed by atoms with Crippen molar-refractivity contribution >= 4 is 23.5 Å². The summed E-state index contributed by atoms with van der Waals surface area (Å²) in [5.74, 6) is 0.194. The van der Waals surface area contributed by atoms with E-state index < -0.39 is 23.6 Å². The van der Waals surface area contributed by atoms with Gasteiger partial charge in [-0.05, 0) is 63.7 Å². The standard InChI is InChI=1S/C21H34ClF2N5O2/c22-16-6-3-13(9-17(16)24)20(30)27-21(25-11-15-7-8-31-15)26-19-10-18(28-29-19)12-1-4-14(23)5-2-12/h12-19,28-29H,1-11H2,(H2,25,26,27,30). The summed E-state index contributed by atoms with van der Waals surface area (Å²) in [6.07, 6.45) is 4.14. The Kier molecular flexibility index (Phi) is 8.01. The molecule has 0 aromatic rings. The molecule has 0 spiro atoms. The molecule has 10 heteroatoms. The maximum absolute atomic E-state index is 14.0. The van der Waals surface area contributed by atoms with Crippen LogP contribution in [0.15, 0.2) is 4.99 Å². The Hall–Kier alpha value is -1.03. The summed E-state index contributed by atoms with van der Waals surface area (Å²) in [5, 5.41) is 5.64. The fourth-order valence-corrected chi connectivity index (χ4v) is 5.14. The minimum absolute atomic E-state index is 0.0777. The Labute approximate surface area is 187 Å². The van der Waals surface area contributed by atoms with Gasteiger partial charge in [-0.2, -0.15) is 0 Å². The molecular formula is C21H34ClF2N5O2. The number of alkyl halides is 3. The van der Waals surface area contributed by atoms with E-state index in [2.05, 4.69) is 26.5 Å². The molecule has 6 atom stereocenters. The summed E-state index contributed by atoms with van der Waals surface area (Å²) in [7, 11) is 0. The third-order valence-electron chi connectivity index (χ3n) is 7.07. The molecule has 0 bridgehead atoms. The van der Waals surface area contributed by atoms with Crippen molar-refractivity contribution in [2.75, 3.05) is 13.2 Å². The zero-order valence-corrected chi connectivity index (χ0v) is 18.6. The van der Waals surface area contributed by atoms with Gasteiger partial charge in [-0.1, -0.05) is 0 Å².